The molecule has 0 aliphatic rings. The summed E-state index contributed by atoms with van der Waals surface area (Å²) in [4.78, 5) is 33.1. The molecule has 0 spiro atoms. The lowest BCUT2D eigenvalue weighted by atomic mass is 10.1. The fraction of sp³-hybridized carbons (Fsp3) is 0.0909. The average Bonchev–Trinajstić information content (AvgIpc) is 3.15. The molecule has 2 amide bonds. The highest BCUT2D eigenvalue weighted by Gasteiger charge is 2.11. The minimum absolute atomic E-state index is 0.133. The Balaban J connectivity index is 1.33. The van der Waals surface area contributed by atoms with Crippen LogP contribution in [0.2, 0.25) is 0 Å². The first kappa shape index (κ1) is 18.8. The summed E-state index contributed by atoms with van der Waals surface area (Å²) in [7, 11) is 0. The van der Waals surface area contributed by atoms with Crippen molar-refractivity contribution in [3.63, 3.8) is 0 Å². The van der Waals surface area contributed by atoms with Gasteiger partial charge in [-0.15, -0.1) is 11.3 Å². The van der Waals surface area contributed by atoms with Gasteiger partial charge >= 0.3 is 0 Å². The number of hydrogen-bond donors (Lipinski definition) is 2. The Morgan fingerprint density at radius 3 is 2.59 bits per heavy atom. The molecule has 29 heavy (non-hydrogen) atoms. The first-order valence-electron chi connectivity index (χ1n) is 9.08. The van der Waals surface area contributed by atoms with Gasteiger partial charge in [-0.25, -0.2) is 4.98 Å². The molecule has 0 unspecified atom stereocenters. The zero-order valence-corrected chi connectivity index (χ0v) is 16.3. The molecule has 0 aliphatic carbocycles. The van der Waals surface area contributed by atoms with Crippen molar-refractivity contribution in [2.24, 2.45) is 0 Å². The Bertz CT molecular complexity index is 1160. The van der Waals surface area contributed by atoms with E-state index in [0.29, 0.717) is 16.5 Å². The van der Waals surface area contributed by atoms with E-state index in [0.717, 1.165) is 16.5 Å². The van der Waals surface area contributed by atoms with E-state index in [-0.39, 0.29) is 24.7 Å². The van der Waals surface area contributed by atoms with Gasteiger partial charge in [-0.3, -0.25) is 14.6 Å². The van der Waals surface area contributed by atoms with E-state index >= 15 is 0 Å². The lowest BCUT2D eigenvalue weighted by molar-refractivity contribution is -0.116. The lowest BCUT2D eigenvalue weighted by Gasteiger charge is -2.05. The average molecular weight is 402 g/mol. The minimum Gasteiger partial charge on any atom is -0.326 e. The molecular weight excluding hydrogens is 384 g/mol. The standard InChI is InChI=1S/C22H18N4O2S/c27-20(11-15-5-2-1-3-6-15)26-22-25-18(14-29-22)13-21(28)24-17-8-9-19-16(12-17)7-4-10-23-19/h1-10,12,14H,11,13H2,(H,24,28)(H,25,26,27). The molecule has 2 aromatic carbocycles. The Labute approximate surface area is 171 Å². The maximum atomic E-state index is 12.3. The summed E-state index contributed by atoms with van der Waals surface area (Å²) in [5.41, 5.74) is 3.14. The molecule has 0 bridgehead atoms. The fourth-order valence-electron chi connectivity index (χ4n) is 2.91. The fourth-order valence-corrected chi connectivity index (χ4v) is 3.64. The van der Waals surface area contributed by atoms with Crippen molar-refractivity contribution in [1.82, 2.24) is 9.97 Å². The van der Waals surface area contributed by atoms with Crippen LogP contribution < -0.4 is 10.6 Å². The first-order valence-corrected chi connectivity index (χ1v) is 9.96. The van der Waals surface area contributed by atoms with Crippen LogP contribution in [0.15, 0.2) is 72.2 Å². The Morgan fingerprint density at radius 1 is 0.897 bits per heavy atom. The number of amides is 2. The van der Waals surface area contributed by atoms with Crippen molar-refractivity contribution < 1.29 is 9.59 Å². The molecule has 0 aliphatic heterocycles. The number of nitrogens with one attached hydrogen (secondary N) is 2. The van der Waals surface area contributed by atoms with Gasteiger partial charge in [0.25, 0.3) is 0 Å². The van der Waals surface area contributed by atoms with Gasteiger partial charge in [-0.05, 0) is 29.8 Å². The van der Waals surface area contributed by atoms with Gasteiger partial charge in [0, 0.05) is 22.7 Å². The van der Waals surface area contributed by atoms with E-state index in [2.05, 4.69) is 20.6 Å². The monoisotopic (exact) mass is 402 g/mol. The third-order valence-corrected chi connectivity index (χ3v) is 5.04. The van der Waals surface area contributed by atoms with E-state index < -0.39 is 0 Å². The second-order valence-corrected chi connectivity index (χ2v) is 7.35. The predicted molar refractivity (Wildman–Crippen MR) is 115 cm³/mol. The van der Waals surface area contributed by atoms with Crippen LogP contribution in [0.4, 0.5) is 10.8 Å². The number of hydrogen-bond acceptors (Lipinski definition) is 5. The van der Waals surface area contributed by atoms with Crippen molar-refractivity contribution in [3.05, 3.63) is 83.5 Å². The van der Waals surface area contributed by atoms with Crippen molar-refractivity contribution >= 4 is 44.9 Å². The van der Waals surface area contributed by atoms with Crippen LogP contribution in [0.25, 0.3) is 10.9 Å². The third kappa shape index (κ3) is 5.03. The van der Waals surface area contributed by atoms with E-state index in [1.54, 1.807) is 11.6 Å². The van der Waals surface area contributed by atoms with E-state index in [1.165, 1.54) is 11.3 Å². The maximum Gasteiger partial charge on any atom is 0.230 e. The second-order valence-electron chi connectivity index (χ2n) is 6.49. The summed E-state index contributed by atoms with van der Waals surface area (Å²) >= 11 is 1.31. The summed E-state index contributed by atoms with van der Waals surface area (Å²) in [6, 6.07) is 18.9. The Hall–Kier alpha value is -3.58. The summed E-state index contributed by atoms with van der Waals surface area (Å²) < 4.78 is 0. The summed E-state index contributed by atoms with van der Waals surface area (Å²) in [6.07, 6.45) is 2.15. The van der Waals surface area contributed by atoms with Crippen LogP contribution in [0.5, 0.6) is 0 Å². The molecule has 0 saturated carbocycles. The smallest absolute Gasteiger partial charge is 0.230 e. The molecular formula is C22H18N4O2S. The van der Waals surface area contributed by atoms with Crippen molar-refractivity contribution in [2.45, 2.75) is 12.8 Å². The quantitative estimate of drug-likeness (QED) is 0.510. The second kappa shape index (κ2) is 8.62. The van der Waals surface area contributed by atoms with Gasteiger partial charge in [0.1, 0.15) is 0 Å². The minimum atomic E-state index is -0.166. The van der Waals surface area contributed by atoms with Gasteiger partial charge < -0.3 is 10.6 Å². The van der Waals surface area contributed by atoms with Crippen LogP contribution in [-0.2, 0) is 22.4 Å². The highest BCUT2D eigenvalue weighted by molar-refractivity contribution is 7.13. The van der Waals surface area contributed by atoms with Crippen molar-refractivity contribution in [3.8, 4) is 0 Å². The molecule has 4 rings (SSSR count). The number of thiazole rings is 1. The molecule has 7 heteroatoms. The molecule has 6 nitrogen and oxygen atoms in total. The number of anilines is 2. The van der Waals surface area contributed by atoms with Crippen molar-refractivity contribution in [2.75, 3.05) is 10.6 Å². The molecule has 0 atom stereocenters. The van der Waals surface area contributed by atoms with Gasteiger partial charge in [0.2, 0.25) is 11.8 Å². The highest BCUT2D eigenvalue weighted by atomic mass is 32.1. The van der Waals surface area contributed by atoms with Gasteiger partial charge in [0.05, 0.1) is 24.1 Å². The van der Waals surface area contributed by atoms with Crippen LogP contribution in [0.3, 0.4) is 0 Å². The Kier molecular flexibility index (Phi) is 5.58. The number of benzene rings is 2. The largest absolute Gasteiger partial charge is 0.326 e. The van der Waals surface area contributed by atoms with Crippen LogP contribution >= 0.6 is 11.3 Å². The normalized spacial score (nSPS) is 10.6. The summed E-state index contributed by atoms with van der Waals surface area (Å²) in [5.74, 6) is -0.299. The van der Waals surface area contributed by atoms with E-state index in [4.69, 9.17) is 0 Å². The van der Waals surface area contributed by atoms with Crippen molar-refractivity contribution in [1.29, 1.82) is 0 Å². The number of pyridine rings is 1. The lowest BCUT2D eigenvalue weighted by Crippen LogP contribution is -2.16. The first-order chi connectivity index (χ1) is 14.2. The van der Waals surface area contributed by atoms with Gasteiger partial charge in [-0.2, -0.15) is 0 Å². The van der Waals surface area contributed by atoms with Crippen LogP contribution in [0.1, 0.15) is 11.3 Å². The van der Waals surface area contributed by atoms with Crippen LogP contribution in [-0.4, -0.2) is 21.8 Å². The van der Waals surface area contributed by atoms with E-state index in [9.17, 15) is 9.59 Å². The number of rotatable bonds is 6. The molecule has 4 aromatic rings. The van der Waals surface area contributed by atoms with Gasteiger partial charge in [-0.1, -0.05) is 36.4 Å². The number of fused-ring (bicyclic) bond motifs is 1. The molecule has 2 heterocycles. The number of carbonyl (C=O) groups excluding carboxylic acids is 2. The Morgan fingerprint density at radius 2 is 1.72 bits per heavy atom. The zero-order valence-electron chi connectivity index (χ0n) is 15.5. The molecule has 0 fully saturated rings. The number of carbonyl (C=O) groups is 2. The highest BCUT2D eigenvalue weighted by Crippen LogP contribution is 2.19. The summed E-state index contributed by atoms with van der Waals surface area (Å²) in [5, 5.41) is 8.89. The number of nitrogens with zero attached hydrogens (tertiary/aromatic N) is 2. The molecule has 0 saturated heterocycles. The third-order valence-electron chi connectivity index (χ3n) is 4.23. The molecule has 2 aromatic heterocycles. The maximum absolute atomic E-state index is 12.3. The zero-order chi connectivity index (χ0) is 20.1. The molecule has 144 valence electrons. The van der Waals surface area contributed by atoms with Crippen LogP contribution in [0, 0.1) is 0 Å². The molecule has 0 radical (unpaired) electrons. The summed E-state index contributed by atoms with van der Waals surface area (Å²) in [6.45, 7) is 0. The number of aromatic nitrogens is 2. The van der Waals surface area contributed by atoms with E-state index in [1.807, 2.05) is 60.7 Å². The predicted octanol–water partition coefficient (Wildman–Crippen LogP) is 4.05. The topological polar surface area (TPSA) is 84.0 Å². The van der Waals surface area contributed by atoms with Gasteiger partial charge in [0.15, 0.2) is 5.13 Å². The molecule has 2 N–H and O–H groups in total. The SMILES string of the molecule is O=C(Cc1csc(NC(=O)Cc2ccccc2)n1)Nc1ccc2ncccc2c1.